The molecule has 0 saturated carbocycles. The van der Waals surface area contributed by atoms with E-state index in [4.69, 9.17) is 11.5 Å². The lowest BCUT2D eigenvalue weighted by atomic mass is 10.1. The lowest BCUT2D eigenvalue weighted by Crippen LogP contribution is -1.94. The largest absolute Gasteiger partial charge is 0.396 e. The maximum absolute atomic E-state index is 7.66. The van der Waals surface area contributed by atoms with Crippen molar-refractivity contribution in [1.29, 1.82) is 0 Å². The van der Waals surface area contributed by atoms with E-state index in [0.29, 0.717) is 16.8 Å². The molecule has 1 aromatic carbocycles. The Kier molecular flexibility index (Phi) is 3.64. The normalized spacial score (nSPS) is 8.14. The molecule has 14 heavy (non-hydrogen) atoms. The molecule has 0 bridgehead atoms. The third kappa shape index (κ3) is 2.11. The maximum atomic E-state index is 7.66. The van der Waals surface area contributed by atoms with Crippen LogP contribution in [-0.2, 0) is 0 Å². The first-order chi connectivity index (χ1) is 6.70. The van der Waals surface area contributed by atoms with E-state index in [1.165, 1.54) is 0 Å². The van der Waals surface area contributed by atoms with E-state index in [1.807, 2.05) is 0 Å². The molecule has 1 aromatic rings. The molecular weight excluding hydrogens is 212 g/mol. The van der Waals surface area contributed by atoms with Gasteiger partial charge in [0.25, 0.3) is 0 Å². The van der Waals surface area contributed by atoms with Crippen molar-refractivity contribution in [2.24, 2.45) is 0 Å². The smallest absolute Gasteiger partial charge is 0.0938 e. The molecule has 0 aromatic heterocycles. The van der Waals surface area contributed by atoms with Crippen LogP contribution < -0.4 is 11.5 Å². The number of nitrogens with one attached hydrogen (secondary N) is 1. The highest BCUT2D eigenvalue weighted by Gasteiger charge is 2.05. The highest BCUT2D eigenvalue weighted by atomic mass is 32.1. The molecular formula is C10H7N2S2. The molecule has 0 aliphatic carbocycles. The third-order valence-electron chi connectivity index (χ3n) is 1.63. The summed E-state index contributed by atoms with van der Waals surface area (Å²) in [4.78, 5) is 0. The monoisotopic (exact) mass is 219 g/mol. The second-order valence-electron chi connectivity index (χ2n) is 2.42. The Hall–Kier alpha value is -1.36. The van der Waals surface area contributed by atoms with Crippen LogP contribution >= 0.6 is 25.3 Å². The molecule has 0 atom stereocenters. The second-order valence-corrected chi connectivity index (χ2v) is 2.87. The molecule has 0 fully saturated rings. The molecule has 0 amide bonds. The molecule has 0 spiro atoms. The highest BCUT2D eigenvalue weighted by molar-refractivity contribution is 7.85. The Morgan fingerprint density at radius 1 is 1.07 bits per heavy atom. The zero-order chi connectivity index (χ0) is 10.6. The standard InChI is InChI=1S/C10H7N2S2/c11-9-7(3-5-13)1-2-8(4-6-14)10(9)12/h1-2,11,13-14H,12H2. The summed E-state index contributed by atoms with van der Waals surface area (Å²) in [6.07, 6.45) is 0. The first-order valence-corrected chi connectivity index (χ1v) is 4.54. The van der Waals surface area contributed by atoms with Gasteiger partial charge in [-0.15, -0.1) is 0 Å². The van der Waals surface area contributed by atoms with Crippen molar-refractivity contribution >= 4 is 36.6 Å². The predicted octanol–water partition coefficient (Wildman–Crippen LogP) is 1.66. The molecule has 0 aliphatic rings. The summed E-state index contributed by atoms with van der Waals surface area (Å²) in [5, 5.41) is 4.85. The SMILES string of the molecule is [NH]c1c(C#CS)ccc(C#CS)c1N. The van der Waals surface area contributed by atoms with Crippen molar-refractivity contribution in [2.75, 3.05) is 5.73 Å². The number of hydrogen-bond acceptors (Lipinski definition) is 3. The maximum Gasteiger partial charge on any atom is 0.0938 e. The average molecular weight is 219 g/mol. The van der Waals surface area contributed by atoms with E-state index in [0.717, 1.165) is 0 Å². The minimum atomic E-state index is 0.181. The number of nitrogens with two attached hydrogens (primary N) is 1. The van der Waals surface area contributed by atoms with Crippen LogP contribution in [0.1, 0.15) is 11.1 Å². The van der Waals surface area contributed by atoms with Crippen LogP contribution in [0.4, 0.5) is 11.4 Å². The summed E-state index contributed by atoms with van der Waals surface area (Å²) >= 11 is 7.52. The number of thiol groups is 2. The zero-order valence-corrected chi connectivity index (χ0v) is 8.92. The van der Waals surface area contributed by atoms with E-state index < -0.39 is 0 Å². The van der Waals surface area contributed by atoms with Crippen LogP contribution in [0, 0.1) is 22.3 Å². The second kappa shape index (κ2) is 4.76. The van der Waals surface area contributed by atoms with Crippen LogP contribution in [0.15, 0.2) is 12.1 Å². The first-order valence-electron chi connectivity index (χ1n) is 3.65. The molecule has 69 valence electrons. The van der Waals surface area contributed by atoms with Gasteiger partial charge in [0, 0.05) is 0 Å². The summed E-state index contributed by atoms with van der Waals surface area (Å²) in [5.41, 5.74) is 15.0. The summed E-state index contributed by atoms with van der Waals surface area (Å²) in [6, 6.07) is 3.40. The lowest BCUT2D eigenvalue weighted by molar-refractivity contribution is 1.44. The van der Waals surface area contributed by atoms with Crippen LogP contribution in [-0.4, -0.2) is 0 Å². The Balaban J connectivity index is 3.35. The number of anilines is 1. The number of hydrogen-bond donors (Lipinski definition) is 3. The van der Waals surface area contributed by atoms with Gasteiger partial charge in [0.15, 0.2) is 0 Å². The Morgan fingerprint density at radius 2 is 1.57 bits per heavy atom. The molecule has 1 radical (unpaired) electrons. The van der Waals surface area contributed by atoms with Crippen LogP contribution in [0.25, 0.3) is 0 Å². The summed E-state index contributed by atoms with van der Waals surface area (Å²) in [5.74, 6) is 5.35. The van der Waals surface area contributed by atoms with E-state index in [1.54, 1.807) is 12.1 Å². The number of rotatable bonds is 0. The van der Waals surface area contributed by atoms with Crippen molar-refractivity contribution in [3.8, 4) is 22.3 Å². The van der Waals surface area contributed by atoms with Crippen LogP contribution in [0.3, 0.4) is 0 Å². The van der Waals surface area contributed by atoms with Gasteiger partial charge in [-0.2, -0.15) is 0 Å². The van der Waals surface area contributed by atoms with Gasteiger partial charge in [-0.25, -0.2) is 0 Å². The van der Waals surface area contributed by atoms with Crippen LogP contribution in [0.2, 0.25) is 0 Å². The van der Waals surface area contributed by atoms with Gasteiger partial charge in [-0.05, 0) is 22.6 Å². The fourth-order valence-electron chi connectivity index (χ4n) is 0.953. The van der Waals surface area contributed by atoms with Gasteiger partial charge in [-0.3, -0.25) is 5.73 Å². The third-order valence-corrected chi connectivity index (χ3v) is 1.85. The van der Waals surface area contributed by atoms with Crippen LogP contribution in [0.5, 0.6) is 0 Å². The first kappa shape index (κ1) is 10.7. The van der Waals surface area contributed by atoms with Gasteiger partial charge in [0.05, 0.1) is 22.5 Å². The Labute approximate surface area is 93.9 Å². The summed E-state index contributed by atoms with van der Waals surface area (Å²) in [7, 11) is 0. The zero-order valence-electron chi connectivity index (χ0n) is 7.13. The van der Waals surface area contributed by atoms with Gasteiger partial charge >= 0.3 is 0 Å². The molecule has 0 saturated heterocycles. The quantitative estimate of drug-likeness (QED) is 0.347. The number of nitrogen functional groups attached to an aromatic ring is 1. The average Bonchev–Trinajstić information content (AvgIpc) is 2.18. The molecule has 0 heterocycles. The lowest BCUT2D eigenvalue weighted by Gasteiger charge is -2.03. The van der Waals surface area contributed by atoms with Crippen molar-refractivity contribution < 1.29 is 0 Å². The van der Waals surface area contributed by atoms with Gasteiger partial charge in [0.2, 0.25) is 0 Å². The van der Waals surface area contributed by atoms with Crippen molar-refractivity contribution in [2.45, 2.75) is 0 Å². The molecule has 0 aliphatic heterocycles. The van der Waals surface area contributed by atoms with Crippen molar-refractivity contribution in [3.05, 3.63) is 23.3 Å². The molecule has 0 unspecified atom stereocenters. The highest BCUT2D eigenvalue weighted by Crippen LogP contribution is 2.24. The minimum Gasteiger partial charge on any atom is -0.396 e. The van der Waals surface area contributed by atoms with Crippen molar-refractivity contribution in [3.63, 3.8) is 0 Å². The van der Waals surface area contributed by atoms with Crippen molar-refractivity contribution in [1.82, 2.24) is 5.73 Å². The summed E-state index contributed by atoms with van der Waals surface area (Å²) < 4.78 is 0. The van der Waals surface area contributed by atoms with Gasteiger partial charge in [-0.1, -0.05) is 37.1 Å². The number of benzene rings is 1. The van der Waals surface area contributed by atoms with E-state index in [2.05, 4.69) is 47.6 Å². The summed E-state index contributed by atoms with van der Waals surface area (Å²) in [6.45, 7) is 0. The minimum absolute atomic E-state index is 0.181. The predicted molar refractivity (Wildman–Crippen MR) is 65.3 cm³/mol. The molecule has 3 N–H and O–H groups in total. The Morgan fingerprint density at radius 3 is 2.14 bits per heavy atom. The topological polar surface area (TPSA) is 49.8 Å². The van der Waals surface area contributed by atoms with E-state index in [9.17, 15) is 0 Å². The van der Waals surface area contributed by atoms with Gasteiger partial charge in [0.1, 0.15) is 0 Å². The fraction of sp³-hybridized carbons (Fsp3) is 0. The molecule has 4 heteroatoms. The van der Waals surface area contributed by atoms with E-state index in [-0.39, 0.29) is 5.69 Å². The van der Waals surface area contributed by atoms with Gasteiger partial charge < -0.3 is 5.73 Å². The molecule has 1 rings (SSSR count). The fourth-order valence-corrected chi connectivity index (χ4v) is 1.19. The van der Waals surface area contributed by atoms with E-state index >= 15 is 0 Å². The Bertz CT molecular complexity index is 428. The molecule has 2 nitrogen and oxygen atoms in total.